The number of allylic oxidation sites excluding steroid dienone is 1. The highest BCUT2D eigenvalue weighted by molar-refractivity contribution is 8.13. The zero-order valence-electron chi connectivity index (χ0n) is 14.6. The van der Waals surface area contributed by atoms with Gasteiger partial charge in [0.25, 0.3) is 0 Å². The van der Waals surface area contributed by atoms with Crippen molar-refractivity contribution >= 4 is 28.4 Å². The van der Waals surface area contributed by atoms with Gasteiger partial charge in [0, 0.05) is 16.9 Å². The van der Waals surface area contributed by atoms with Gasteiger partial charge in [0.05, 0.1) is 5.41 Å². The summed E-state index contributed by atoms with van der Waals surface area (Å²) in [6, 6.07) is 16.8. The lowest BCUT2D eigenvalue weighted by atomic mass is 9.80. The first kappa shape index (κ1) is 18.3. The Labute approximate surface area is 157 Å². The second-order valence-corrected chi connectivity index (χ2v) is 7.55. The Bertz CT molecular complexity index is 833. The van der Waals surface area contributed by atoms with E-state index in [0.29, 0.717) is 29.7 Å². The summed E-state index contributed by atoms with van der Waals surface area (Å²) in [5.41, 5.74) is 1.11. The molecular formula is C22H20O3S. The van der Waals surface area contributed by atoms with E-state index in [1.54, 1.807) is 37.3 Å². The molecule has 0 radical (unpaired) electrons. The molecule has 2 aromatic carbocycles. The molecule has 0 unspecified atom stereocenters. The van der Waals surface area contributed by atoms with E-state index in [9.17, 15) is 14.4 Å². The van der Waals surface area contributed by atoms with E-state index in [4.69, 9.17) is 0 Å². The van der Waals surface area contributed by atoms with Gasteiger partial charge in [-0.05, 0) is 31.4 Å². The SMILES string of the molecule is CC1(CC/C=C/C(=O)SCc2ccccc2)C(=O)c2ccccc2C1=O. The van der Waals surface area contributed by atoms with Gasteiger partial charge in [-0.15, -0.1) is 0 Å². The van der Waals surface area contributed by atoms with Crippen LogP contribution in [0.15, 0.2) is 66.7 Å². The molecule has 3 rings (SSSR count). The fourth-order valence-electron chi connectivity index (χ4n) is 3.13. The van der Waals surface area contributed by atoms with Gasteiger partial charge in [-0.1, -0.05) is 72.4 Å². The quantitative estimate of drug-likeness (QED) is 0.542. The molecule has 26 heavy (non-hydrogen) atoms. The predicted molar refractivity (Wildman–Crippen MR) is 104 cm³/mol. The van der Waals surface area contributed by atoms with Gasteiger partial charge in [0.1, 0.15) is 0 Å². The van der Waals surface area contributed by atoms with Crippen LogP contribution in [0.25, 0.3) is 0 Å². The van der Waals surface area contributed by atoms with E-state index in [2.05, 4.69) is 0 Å². The number of carbonyl (C=O) groups is 3. The second kappa shape index (κ2) is 7.83. The molecule has 0 atom stereocenters. The van der Waals surface area contributed by atoms with Gasteiger partial charge in [-0.2, -0.15) is 0 Å². The van der Waals surface area contributed by atoms with Crippen LogP contribution in [0.5, 0.6) is 0 Å². The third-order valence-electron chi connectivity index (χ3n) is 4.71. The van der Waals surface area contributed by atoms with Crippen LogP contribution in [0.4, 0.5) is 0 Å². The number of hydrogen-bond donors (Lipinski definition) is 0. The molecule has 0 aromatic heterocycles. The monoisotopic (exact) mass is 364 g/mol. The maximum Gasteiger partial charge on any atom is 0.212 e. The molecule has 0 aliphatic heterocycles. The topological polar surface area (TPSA) is 51.2 Å². The normalized spacial score (nSPS) is 15.4. The maximum atomic E-state index is 12.6. The Morgan fingerprint density at radius 3 is 2.15 bits per heavy atom. The molecule has 0 spiro atoms. The average Bonchev–Trinajstić information content (AvgIpc) is 2.87. The van der Waals surface area contributed by atoms with Crippen LogP contribution in [0, 0.1) is 5.41 Å². The number of rotatable bonds is 6. The van der Waals surface area contributed by atoms with Gasteiger partial charge < -0.3 is 0 Å². The summed E-state index contributed by atoms with van der Waals surface area (Å²) in [7, 11) is 0. The zero-order valence-corrected chi connectivity index (χ0v) is 15.4. The van der Waals surface area contributed by atoms with Gasteiger partial charge in [-0.3, -0.25) is 14.4 Å². The Kier molecular flexibility index (Phi) is 5.52. The average molecular weight is 364 g/mol. The van der Waals surface area contributed by atoms with Crippen LogP contribution in [-0.4, -0.2) is 16.7 Å². The lowest BCUT2D eigenvalue weighted by Gasteiger charge is -2.18. The molecular weight excluding hydrogens is 344 g/mol. The summed E-state index contributed by atoms with van der Waals surface area (Å²) in [5, 5.41) is -0.0219. The van der Waals surface area contributed by atoms with Crippen LogP contribution >= 0.6 is 11.8 Å². The molecule has 1 aliphatic carbocycles. The van der Waals surface area contributed by atoms with Gasteiger partial charge >= 0.3 is 0 Å². The van der Waals surface area contributed by atoms with Gasteiger partial charge in [0.2, 0.25) is 5.12 Å². The van der Waals surface area contributed by atoms with Crippen molar-refractivity contribution in [3.63, 3.8) is 0 Å². The fraction of sp³-hybridized carbons (Fsp3) is 0.227. The van der Waals surface area contributed by atoms with Crippen molar-refractivity contribution in [1.82, 2.24) is 0 Å². The van der Waals surface area contributed by atoms with Crippen molar-refractivity contribution in [2.45, 2.75) is 25.5 Å². The van der Waals surface area contributed by atoms with Crippen molar-refractivity contribution in [2.24, 2.45) is 5.41 Å². The van der Waals surface area contributed by atoms with E-state index in [0.717, 1.165) is 5.56 Å². The summed E-state index contributed by atoms with van der Waals surface area (Å²) < 4.78 is 0. The smallest absolute Gasteiger partial charge is 0.212 e. The predicted octanol–water partition coefficient (Wildman–Crippen LogP) is 4.87. The highest BCUT2D eigenvalue weighted by atomic mass is 32.2. The molecule has 0 N–H and O–H groups in total. The van der Waals surface area contributed by atoms with Gasteiger partial charge in [-0.25, -0.2) is 0 Å². The van der Waals surface area contributed by atoms with Crippen molar-refractivity contribution in [3.8, 4) is 0 Å². The lowest BCUT2D eigenvalue weighted by Crippen LogP contribution is -2.29. The molecule has 1 aliphatic rings. The molecule has 4 heteroatoms. The van der Waals surface area contributed by atoms with Crippen molar-refractivity contribution < 1.29 is 14.4 Å². The summed E-state index contributed by atoms with van der Waals surface area (Å²) in [6.45, 7) is 1.71. The Morgan fingerprint density at radius 1 is 0.962 bits per heavy atom. The van der Waals surface area contributed by atoms with Crippen LogP contribution < -0.4 is 0 Å². The van der Waals surface area contributed by atoms with Crippen molar-refractivity contribution in [1.29, 1.82) is 0 Å². The summed E-state index contributed by atoms with van der Waals surface area (Å²) >= 11 is 1.24. The molecule has 0 fully saturated rings. The van der Waals surface area contributed by atoms with E-state index >= 15 is 0 Å². The third-order valence-corrected chi connectivity index (χ3v) is 5.61. The molecule has 3 nitrogen and oxygen atoms in total. The number of Topliss-reactive ketones (excluding diaryl/α,β-unsaturated/α-hetero) is 2. The number of carbonyl (C=O) groups excluding carboxylic acids is 3. The summed E-state index contributed by atoms with van der Waals surface area (Å²) in [6.07, 6.45) is 4.22. The first-order valence-corrected chi connectivity index (χ1v) is 9.57. The largest absolute Gasteiger partial charge is 0.293 e. The summed E-state index contributed by atoms with van der Waals surface area (Å²) in [5.74, 6) is 0.404. The third kappa shape index (κ3) is 3.70. The number of thioether (sulfide) groups is 1. The minimum atomic E-state index is -1.02. The van der Waals surface area contributed by atoms with Crippen molar-refractivity contribution in [2.75, 3.05) is 0 Å². The van der Waals surface area contributed by atoms with Crippen LogP contribution in [0.2, 0.25) is 0 Å². The molecule has 0 heterocycles. The molecule has 2 aromatic rings. The number of ketones is 2. The van der Waals surface area contributed by atoms with Gasteiger partial charge in [0.15, 0.2) is 11.6 Å². The first-order chi connectivity index (χ1) is 12.5. The zero-order chi connectivity index (χ0) is 18.6. The standard InChI is InChI=1S/C22H20O3S/c1-22(20(24)17-11-5-6-12-18(17)21(22)25)14-8-7-13-19(23)26-15-16-9-3-2-4-10-16/h2-7,9-13H,8,14-15H2,1H3/b13-7+. The Morgan fingerprint density at radius 2 is 1.54 bits per heavy atom. The number of benzene rings is 2. The highest BCUT2D eigenvalue weighted by Crippen LogP contribution is 2.40. The molecule has 0 saturated heterocycles. The van der Waals surface area contributed by atoms with Crippen LogP contribution in [0.3, 0.4) is 0 Å². The van der Waals surface area contributed by atoms with E-state index in [-0.39, 0.29) is 16.7 Å². The van der Waals surface area contributed by atoms with E-state index in [1.165, 1.54) is 17.8 Å². The highest BCUT2D eigenvalue weighted by Gasteiger charge is 2.48. The van der Waals surface area contributed by atoms with E-state index in [1.807, 2.05) is 30.3 Å². The molecule has 0 saturated carbocycles. The van der Waals surface area contributed by atoms with Crippen LogP contribution in [-0.2, 0) is 10.5 Å². The fourth-order valence-corrected chi connectivity index (χ4v) is 3.83. The molecule has 0 amide bonds. The Balaban J connectivity index is 1.53. The van der Waals surface area contributed by atoms with Crippen molar-refractivity contribution in [3.05, 3.63) is 83.4 Å². The minimum absolute atomic E-state index is 0.0219. The minimum Gasteiger partial charge on any atom is -0.293 e. The molecule has 132 valence electrons. The maximum absolute atomic E-state index is 12.6. The number of fused-ring (bicyclic) bond motifs is 1. The summed E-state index contributed by atoms with van der Waals surface area (Å²) in [4.78, 5) is 37.1. The molecule has 0 bridgehead atoms. The Hall–Kier alpha value is -2.46. The van der Waals surface area contributed by atoms with E-state index < -0.39 is 5.41 Å². The number of hydrogen-bond acceptors (Lipinski definition) is 4. The second-order valence-electron chi connectivity index (χ2n) is 6.57. The lowest BCUT2D eigenvalue weighted by molar-refractivity contribution is -0.107. The van der Waals surface area contributed by atoms with Crippen LogP contribution in [0.1, 0.15) is 46.0 Å². The first-order valence-electron chi connectivity index (χ1n) is 8.58.